The number of hydrogen-bond acceptors (Lipinski definition) is 2. The first kappa shape index (κ1) is 18.1. The van der Waals surface area contributed by atoms with Gasteiger partial charge < -0.3 is 5.32 Å². The van der Waals surface area contributed by atoms with Crippen LogP contribution in [0.15, 0.2) is 18.2 Å². The van der Waals surface area contributed by atoms with E-state index in [-0.39, 0.29) is 11.6 Å². The van der Waals surface area contributed by atoms with Gasteiger partial charge in [0.15, 0.2) is 11.6 Å². The van der Waals surface area contributed by atoms with Gasteiger partial charge in [0, 0.05) is 11.6 Å². The monoisotopic (exact) mass is 298 g/mol. The molecular weight excluding hydrogens is 270 g/mol. The van der Waals surface area contributed by atoms with Gasteiger partial charge >= 0.3 is 0 Å². The summed E-state index contributed by atoms with van der Waals surface area (Å²) in [6.45, 7) is 13.5. The fourth-order valence-electron chi connectivity index (χ4n) is 2.98. The van der Waals surface area contributed by atoms with Gasteiger partial charge in [-0.25, -0.2) is 8.78 Å². The lowest BCUT2D eigenvalue weighted by molar-refractivity contribution is 0.0918. The van der Waals surface area contributed by atoms with Crippen molar-refractivity contribution in [1.82, 2.24) is 10.2 Å². The van der Waals surface area contributed by atoms with Crippen LogP contribution in [0.25, 0.3) is 0 Å². The highest BCUT2D eigenvalue weighted by molar-refractivity contribution is 5.20. The van der Waals surface area contributed by atoms with Crippen LogP contribution < -0.4 is 5.32 Å². The summed E-state index contributed by atoms with van der Waals surface area (Å²) < 4.78 is 26.5. The minimum Gasteiger partial charge on any atom is -0.312 e. The second-order valence-corrected chi connectivity index (χ2v) is 5.89. The van der Waals surface area contributed by atoms with Crippen molar-refractivity contribution >= 4 is 0 Å². The third kappa shape index (κ3) is 4.48. The van der Waals surface area contributed by atoms with Gasteiger partial charge in [-0.3, -0.25) is 4.90 Å². The maximum Gasteiger partial charge on any atom is 0.159 e. The van der Waals surface area contributed by atoms with E-state index in [9.17, 15) is 8.78 Å². The Hall–Kier alpha value is -1.00. The summed E-state index contributed by atoms with van der Waals surface area (Å²) in [5.74, 6) is -1.56. The molecule has 0 radical (unpaired) electrons. The van der Waals surface area contributed by atoms with Crippen LogP contribution in [0.2, 0.25) is 0 Å². The minimum atomic E-state index is -0.790. The summed E-state index contributed by atoms with van der Waals surface area (Å²) in [5, 5.41) is 3.50. The molecule has 0 saturated heterocycles. The highest BCUT2D eigenvalue weighted by Gasteiger charge is 2.33. The number of halogens is 2. The van der Waals surface area contributed by atoms with Crippen LogP contribution in [0, 0.1) is 11.6 Å². The van der Waals surface area contributed by atoms with Gasteiger partial charge in [0.2, 0.25) is 0 Å². The zero-order valence-electron chi connectivity index (χ0n) is 13.8. The molecule has 0 heterocycles. The van der Waals surface area contributed by atoms with Gasteiger partial charge in [0.1, 0.15) is 0 Å². The Morgan fingerprint density at radius 1 is 1.10 bits per heavy atom. The number of rotatable bonds is 8. The molecule has 0 aliphatic rings. The molecule has 0 bridgehead atoms. The van der Waals surface area contributed by atoms with Gasteiger partial charge in [0.05, 0.1) is 0 Å². The largest absolute Gasteiger partial charge is 0.312 e. The van der Waals surface area contributed by atoms with Crippen LogP contribution in [-0.4, -0.2) is 36.1 Å². The Kier molecular flexibility index (Phi) is 6.75. The topological polar surface area (TPSA) is 15.3 Å². The van der Waals surface area contributed by atoms with E-state index in [2.05, 4.69) is 44.8 Å². The molecule has 1 rings (SSSR count). The summed E-state index contributed by atoms with van der Waals surface area (Å²) in [4.78, 5) is 2.39. The molecule has 2 nitrogen and oxygen atoms in total. The van der Waals surface area contributed by atoms with E-state index in [0.29, 0.717) is 6.42 Å². The highest BCUT2D eigenvalue weighted by atomic mass is 19.2. The fourth-order valence-corrected chi connectivity index (χ4v) is 2.98. The maximum atomic E-state index is 13.4. The van der Waals surface area contributed by atoms with Gasteiger partial charge in [-0.05, 0) is 57.6 Å². The summed E-state index contributed by atoms with van der Waals surface area (Å²) in [5.41, 5.74) is 0.754. The van der Waals surface area contributed by atoms with E-state index >= 15 is 0 Å². The van der Waals surface area contributed by atoms with Crippen molar-refractivity contribution in [3.05, 3.63) is 35.4 Å². The third-order valence-electron chi connectivity index (χ3n) is 4.31. The Bertz CT molecular complexity index is 442. The molecule has 0 spiro atoms. The van der Waals surface area contributed by atoms with Crippen LogP contribution in [0.3, 0.4) is 0 Å². The molecule has 1 aromatic carbocycles. The van der Waals surface area contributed by atoms with Crippen molar-refractivity contribution in [2.45, 2.75) is 52.6 Å². The predicted octanol–water partition coefficient (Wildman–Crippen LogP) is 3.61. The van der Waals surface area contributed by atoms with Crippen LogP contribution in [0.4, 0.5) is 8.78 Å². The summed E-state index contributed by atoms with van der Waals surface area (Å²) >= 11 is 0. The molecule has 0 fully saturated rings. The zero-order valence-corrected chi connectivity index (χ0v) is 13.8. The second-order valence-electron chi connectivity index (χ2n) is 5.89. The lowest BCUT2D eigenvalue weighted by atomic mass is 9.87. The molecule has 1 unspecified atom stereocenters. The van der Waals surface area contributed by atoms with Crippen LogP contribution >= 0.6 is 0 Å². The van der Waals surface area contributed by atoms with Gasteiger partial charge in [0.25, 0.3) is 0 Å². The molecule has 21 heavy (non-hydrogen) atoms. The van der Waals surface area contributed by atoms with Crippen LogP contribution in [-0.2, 0) is 6.42 Å². The van der Waals surface area contributed by atoms with E-state index in [4.69, 9.17) is 0 Å². The van der Waals surface area contributed by atoms with Crippen molar-refractivity contribution in [2.75, 3.05) is 19.6 Å². The van der Waals surface area contributed by atoms with Gasteiger partial charge in [-0.2, -0.15) is 0 Å². The molecule has 1 N–H and O–H groups in total. The molecule has 0 aliphatic heterocycles. The standard InChI is InChI=1S/C17H28F2N2/c1-6-20-16(17(4,5)21(7-2)8-3)12-13-9-10-14(18)15(19)11-13/h9-11,16,20H,6-8,12H2,1-5H3. The van der Waals surface area contributed by atoms with E-state index < -0.39 is 11.6 Å². The number of hydrogen-bond donors (Lipinski definition) is 1. The molecule has 0 saturated carbocycles. The summed E-state index contributed by atoms with van der Waals surface area (Å²) in [7, 11) is 0. The smallest absolute Gasteiger partial charge is 0.159 e. The number of benzene rings is 1. The average Bonchev–Trinajstić information content (AvgIpc) is 2.43. The maximum absolute atomic E-state index is 13.4. The molecule has 0 aliphatic carbocycles. The first-order chi connectivity index (χ1) is 9.86. The number of likely N-dealkylation sites (N-methyl/N-ethyl adjacent to an activating group) is 2. The summed E-state index contributed by atoms with van der Waals surface area (Å²) in [6, 6.07) is 4.35. The quantitative estimate of drug-likeness (QED) is 0.789. The second kappa shape index (κ2) is 7.85. The lowest BCUT2D eigenvalue weighted by Crippen LogP contribution is -2.58. The number of nitrogens with one attached hydrogen (secondary N) is 1. The van der Waals surface area contributed by atoms with E-state index in [1.54, 1.807) is 6.07 Å². The van der Waals surface area contributed by atoms with Gasteiger partial charge in [-0.1, -0.05) is 26.8 Å². The number of nitrogens with zero attached hydrogens (tertiary/aromatic N) is 1. The van der Waals surface area contributed by atoms with Crippen molar-refractivity contribution in [2.24, 2.45) is 0 Å². The summed E-state index contributed by atoms with van der Waals surface area (Å²) in [6.07, 6.45) is 0.675. The Morgan fingerprint density at radius 3 is 2.19 bits per heavy atom. The zero-order chi connectivity index (χ0) is 16.0. The third-order valence-corrected chi connectivity index (χ3v) is 4.31. The minimum absolute atomic E-state index is 0.0651. The van der Waals surface area contributed by atoms with Crippen molar-refractivity contribution in [3.63, 3.8) is 0 Å². The van der Waals surface area contributed by atoms with Crippen LogP contribution in [0.1, 0.15) is 40.2 Å². The fraction of sp³-hybridized carbons (Fsp3) is 0.647. The van der Waals surface area contributed by atoms with E-state index in [1.165, 1.54) is 12.1 Å². The molecule has 4 heteroatoms. The van der Waals surface area contributed by atoms with Crippen molar-refractivity contribution < 1.29 is 8.78 Å². The molecule has 0 aromatic heterocycles. The van der Waals surface area contributed by atoms with E-state index in [1.807, 2.05) is 0 Å². The van der Waals surface area contributed by atoms with E-state index in [0.717, 1.165) is 25.2 Å². The van der Waals surface area contributed by atoms with Gasteiger partial charge in [-0.15, -0.1) is 0 Å². The highest BCUT2D eigenvalue weighted by Crippen LogP contribution is 2.22. The first-order valence-electron chi connectivity index (χ1n) is 7.79. The lowest BCUT2D eigenvalue weighted by Gasteiger charge is -2.44. The predicted molar refractivity (Wildman–Crippen MR) is 84.5 cm³/mol. The van der Waals surface area contributed by atoms with Crippen LogP contribution in [0.5, 0.6) is 0 Å². The molecular formula is C17H28F2N2. The van der Waals surface area contributed by atoms with Crippen molar-refractivity contribution in [1.29, 1.82) is 0 Å². The molecule has 1 atom stereocenters. The molecule has 0 amide bonds. The Labute approximate surface area is 127 Å². The molecule has 1 aromatic rings. The normalized spacial score (nSPS) is 13.7. The Morgan fingerprint density at radius 2 is 1.71 bits per heavy atom. The first-order valence-corrected chi connectivity index (χ1v) is 7.79. The van der Waals surface area contributed by atoms with Crippen molar-refractivity contribution in [3.8, 4) is 0 Å². The molecule has 120 valence electrons. The Balaban J connectivity index is 2.97. The SMILES string of the molecule is CCNC(Cc1ccc(F)c(F)c1)C(C)(C)N(CC)CC. The average molecular weight is 298 g/mol.